The van der Waals surface area contributed by atoms with Gasteiger partial charge < -0.3 is 18.9 Å². The zero-order valence-electron chi connectivity index (χ0n) is 23.1. The molecule has 0 aliphatic heterocycles. The Labute approximate surface area is 226 Å². The average molecular weight is 533 g/mol. The Bertz CT molecular complexity index is 835. The highest BCUT2D eigenvalue weighted by atomic mass is 16.5. The molecule has 212 valence electrons. The first-order valence-corrected chi connectivity index (χ1v) is 14.1. The van der Waals surface area contributed by atoms with Gasteiger partial charge in [-0.3, -0.25) is 9.59 Å². The van der Waals surface area contributed by atoms with Crippen LogP contribution in [0.15, 0.2) is 24.3 Å². The third kappa shape index (κ3) is 7.70. The van der Waals surface area contributed by atoms with Gasteiger partial charge in [0.25, 0.3) is 0 Å². The predicted octanol–water partition coefficient (Wildman–Crippen LogP) is 5.24. The van der Waals surface area contributed by atoms with Gasteiger partial charge in [0, 0.05) is 11.1 Å². The first-order chi connectivity index (χ1) is 18.1. The van der Waals surface area contributed by atoms with Gasteiger partial charge in [0.15, 0.2) is 0 Å². The first-order valence-electron chi connectivity index (χ1n) is 14.1. The summed E-state index contributed by atoms with van der Waals surface area (Å²) in [6, 6.07) is 0. The maximum absolute atomic E-state index is 13.3. The molecule has 4 saturated carbocycles. The normalized spacial score (nSPS) is 26.9. The van der Waals surface area contributed by atoms with Crippen molar-refractivity contribution in [3.63, 3.8) is 0 Å². The van der Waals surface area contributed by atoms with Gasteiger partial charge in [-0.05, 0) is 103 Å². The second kappa shape index (κ2) is 13.4. The smallest absolute Gasteiger partial charge is 0.333 e. The summed E-state index contributed by atoms with van der Waals surface area (Å²) < 4.78 is 21.6. The summed E-state index contributed by atoms with van der Waals surface area (Å²) >= 11 is 0. The van der Waals surface area contributed by atoms with E-state index in [-0.39, 0.29) is 23.9 Å². The van der Waals surface area contributed by atoms with Gasteiger partial charge in [-0.2, -0.15) is 0 Å². The number of esters is 4. The van der Waals surface area contributed by atoms with E-state index >= 15 is 0 Å². The lowest BCUT2D eigenvalue weighted by molar-refractivity contribution is -0.194. The molecule has 0 atom stereocenters. The Morgan fingerprint density at radius 2 is 0.947 bits per heavy atom. The molecule has 4 rings (SSSR count). The van der Waals surface area contributed by atoms with Crippen LogP contribution in [0.25, 0.3) is 0 Å². The maximum Gasteiger partial charge on any atom is 0.333 e. The molecule has 0 heterocycles. The number of carbonyl (C=O) groups excluding carboxylic acids is 4. The zero-order chi connectivity index (χ0) is 27.8. The van der Waals surface area contributed by atoms with Crippen LogP contribution in [-0.4, -0.2) is 50.3 Å². The second-order valence-electron chi connectivity index (χ2n) is 11.7. The maximum atomic E-state index is 13.3. The number of ether oxygens (including phenoxy) is 4. The Hall–Kier alpha value is -2.64. The van der Waals surface area contributed by atoms with Crippen molar-refractivity contribution in [2.24, 2.45) is 22.7 Å². The van der Waals surface area contributed by atoms with E-state index in [1.54, 1.807) is 13.8 Å². The molecule has 4 aliphatic rings. The molecule has 0 aromatic rings. The first kappa shape index (κ1) is 29.9. The molecular weight excluding hydrogens is 488 g/mol. The predicted molar refractivity (Wildman–Crippen MR) is 141 cm³/mol. The van der Waals surface area contributed by atoms with Crippen molar-refractivity contribution < 1.29 is 38.1 Å². The molecule has 38 heavy (non-hydrogen) atoms. The second-order valence-corrected chi connectivity index (χ2v) is 11.7. The molecule has 4 fully saturated rings. The van der Waals surface area contributed by atoms with Gasteiger partial charge in [-0.1, -0.05) is 13.2 Å². The van der Waals surface area contributed by atoms with E-state index < -0.39 is 10.8 Å². The molecule has 0 unspecified atom stereocenters. The number of hydrogen-bond acceptors (Lipinski definition) is 8. The van der Waals surface area contributed by atoms with Gasteiger partial charge in [0.1, 0.15) is 0 Å². The van der Waals surface area contributed by atoms with Crippen molar-refractivity contribution >= 4 is 23.9 Å². The third-order valence-corrected chi connectivity index (χ3v) is 8.13. The minimum absolute atomic E-state index is 0.165. The monoisotopic (exact) mass is 532 g/mol. The van der Waals surface area contributed by atoms with Crippen LogP contribution in [0.2, 0.25) is 0 Å². The topological polar surface area (TPSA) is 105 Å². The summed E-state index contributed by atoms with van der Waals surface area (Å²) in [5.74, 6) is -0.368. The number of carbonyl (C=O) groups is 4. The van der Waals surface area contributed by atoms with E-state index in [4.69, 9.17) is 18.9 Å². The molecule has 0 radical (unpaired) electrons. The Kier molecular flexibility index (Phi) is 10.6. The van der Waals surface area contributed by atoms with E-state index in [1.807, 2.05) is 0 Å². The molecule has 4 aliphatic carbocycles. The molecule has 0 N–H and O–H groups in total. The fourth-order valence-corrected chi connectivity index (χ4v) is 6.71. The zero-order valence-corrected chi connectivity index (χ0v) is 23.1. The van der Waals surface area contributed by atoms with Crippen molar-refractivity contribution in [3.8, 4) is 0 Å². The summed E-state index contributed by atoms with van der Waals surface area (Å²) in [6.07, 6.45) is 9.23. The number of unbranched alkanes of at least 4 members (excludes halogenated alkanes) is 4. The summed E-state index contributed by atoms with van der Waals surface area (Å²) in [4.78, 5) is 49.4. The van der Waals surface area contributed by atoms with Crippen LogP contribution >= 0.6 is 0 Å². The van der Waals surface area contributed by atoms with Crippen LogP contribution in [-0.2, 0) is 38.1 Å². The van der Waals surface area contributed by atoms with Crippen LogP contribution in [0, 0.1) is 22.7 Å². The Balaban J connectivity index is 1.39. The van der Waals surface area contributed by atoms with E-state index in [0.717, 1.165) is 44.9 Å². The number of rotatable bonds is 16. The van der Waals surface area contributed by atoms with Crippen molar-refractivity contribution in [2.75, 3.05) is 26.4 Å². The SMILES string of the molecule is C=C(C)C(=O)OCCCCCOC(=O)C12CC3CC(C1)CC(C(=O)OCCCCCOC(=O)C(=C)C)(C3)C2. The molecule has 8 heteroatoms. The molecule has 0 saturated heterocycles. The highest BCUT2D eigenvalue weighted by Gasteiger charge is 2.64. The fraction of sp³-hybridized carbons (Fsp3) is 0.733. The summed E-state index contributed by atoms with van der Waals surface area (Å²) in [6.45, 7) is 11.7. The van der Waals surface area contributed by atoms with Crippen LogP contribution in [0.3, 0.4) is 0 Å². The van der Waals surface area contributed by atoms with Crippen LogP contribution in [0.4, 0.5) is 0 Å². The largest absolute Gasteiger partial charge is 0.465 e. The van der Waals surface area contributed by atoms with E-state index in [2.05, 4.69) is 13.2 Å². The fourth-order valence-electron chi connectivity index (χ4n) is 6.71. The van der Waals surface area contributed by atoms with E-state index in [9.17, 15) is 19.2 Å². The summed E-state index contributed by atoms with van der Waals surface area (Å²) in [5, 5.41) is 0. The highest BCUT2D eigenvalue weighted by molar-refractivity contribution is 5.87. The van der Waals surface area contributed by atoms with Crippen molar-refractivity contribution in [1.29, 1.82) is 0 Å². The Morgan fingerprint density at radius 1 is 0.605 bits per heavy atom. The summed E-state index contributed by atoms with van der Waals surface area (Å²) in [7, 11) is 0. The van der Waals surface area contributed by atoms with E-state index in [0.29, 0.717) is 81.5 Å². The van der Waals surface area contributed by atoms with Crippen LogP contribution < -0.4 is 0 Å². The van der Waals surface area contributed by atoms with Gasteiger partial charge in [0.05, 0.1) is 37.3 Å². The molecule has 0 aromatic carbocycles. The van der Waals surface area contributed by atoms with Gasteiger partial charge in [-0.15, -0.1) is 0 Å². The van der Waals surface area contributed by atoms with Gasteiger partial charge in [-0.25, -0.2) is 9.59 Å². The van der Waals surface area contributed by atoms with Crippen LogP contribution in [0.5, 0.6) is 0 Å². The molecule has 0 spiro atoms. The number of hydrogen-bond donors (Lipinski definition) is 0. The van der Waals surface area contributed by atoms with Gasteiger partial charge >= 0.3 is 23.9 Å². The molecule has 0 aromatic heterocycles. The molecule has 8 nitrogen and oxygen atoms in total. The quantitative estimate of drug-likeness (QED) is 0.115. The molecule has 4 bridgehead atoms. The van der Waals surface area contributed by atoms with Crippen molar-refractivity contribution in [2.45, 2.75) is 90.9 Å². The van der Waals surface area contributed by atoms with Crippen molar-refractivity contribution in [1.82, 2.24) is 0 Å². The third-order valence-electron chi connectivity index (χ3n) is 8.13. The molecular formula is C30H44O8. The van der Waals surface area contributed by atoms with Gasteiger partial charge in [0.2, 0.25) is 0 Å². The lowest BCUT2D eigenvalue weighted by Crippen LogP contribution is -2.58. The average Bonchev–Trinajstić information content (AvgIpc) is 2.85. The minimum Gasteiger partial charge on any atom is -0.465 e. The van der Waals surface area contributed by atoms with Crippen molar-refractivity contribution in [3.05, 3.63) is 24.3 Å². The summed E-state index contributed by atoms with van der Waals surface area (Å²) in [5.41, 5.74) is -0.384. The molecule has 0 amide bonds. The highest BCUT2D eigenvalue weighted by Crippen LogP contribution is 2.66. The standard InChI is InChI=1S/C30H44O8/c1-21(2)25(31)35-11-7-5-9-13-37-27(33)29-16-23-15-24(17-29)19-30(18-23,20-29)28(34)38-14-10-6-8-12-36-26(32)22(3)4/h23-24H,1,3,5-20H2,2,4H3. The lowest BCUT2D eigenvalue weighted by atomic mass is 9.44. The Morgan fingerprint density at radius 3 is 1.29 bits per heavy atom. The van der Waals surface area contributed by atoms with E-state index in [1.165, 1.54) is 0 Å². The van der Waals surface area contributed by atoms with Crippen LogP contribution in [0.1, 0.15) is 90.9 Å². The minimum atomic E-state index is -0.576. The lowest BCUT2D eigenvalue weighted by Gasteiger charge is -2.59.